The number of piperidine rings is 1. The maximum absolute atomic E-state index is 13.4. The Labute approximate surface area is 120 Å². The molecule has 0 aromatic heterocycles. The number of halogens is 2. The third-order valence-electron chi connectivity index (χ3n) is 3.67. The average Bonchev–Trinajstić information content (AvgIpc) is 2.33. The van der Waals surface area contributed by atoms with E-state index >= 15 is 0 Å². The van der Waals surface area contributed by atoms with E-state index in [1.165, 1.54) is 11.6 Å². The smallest absolute Gasteiger partial charge is 0.142 e. The molecule has 0 atom stereocenters. The molecule has 1 aliphatic rings. The maximum atomic E-state index is 13.4. The average molecular weight is 282 g/mol. The van der Waals surface area contributed by atoms with Gasteiger partial charge in [0, 0.05) is 18.6 Å². The fraction of sp³-hybridized carbons (Fsp3) is 0.500. The van der Waals surface area contributed by atoms with Crippen molar-refractivity contribution in [3.63, 3.8) is 0 Å². The third-order valence-corrected chi connectivity index (χ3v) is 3.98. The van der Waals surface area contributed by atoms with E-state index in [0.717, 1.165) is 31.5 Å². The molecule has 1 aromatic rings. The zero-order valence-corrected chi connectivity index (χ0v) is 12.6. The predicted octanol–water partition coefficient (Wildman–Crippen LogP) is 4.76. The Hall–Kier alpha value is -0.860. The lowest BCUT2D eigenvalue weighted by molar-refractivity contribution is 0.126. The van der Waals surface area contributed by atoms with Crippen molar-refractivity contribution in [1.82, 2.24) is 4.90 Å². The van der Waals surface area contributed by atoms with Crippen LogP contribution in [0, 0.1) is 5.82 Å². The summed E-state index contributed by atoms with van der Waals surface area (Å²) in [5, 5.41) is 0.185. The van der Waals surface area contributed by atoms with Gasteiger partial charge in [-0.15, -0.1) is 0 Å². The van der Waals surface area contributed by atoms with E-state index in [0.29, 0.717) is 0 Å². The molecule has 1 fully saturated rings. The number of nitrogens with zero attached hydrogens (tertiary/aromatic N) is 1. The van der Waals surface area contributed by atoms with Crippen LogP contribution in [0.1, 0.15) is 39.2 Å². The van der Waals surface area contributed by atoms with Crippen LogP contribution in [-0.4, -0.2) is 23.5 Å². The predicted molar refractivity (Wildman–Crippen MR) is 79.9 cm³/mol. The summed E-state index contributed by atoms with van der Waals surface area (Å²) >= 11 is 5.69. The lowest BCUT2D eigenvalue weighted by Crippen LogP contribution is -2.44. The quantitative estimate of drug-likeness (QED) is 0.717. The first-order valence-corrected chi connectivity index (χ1v) is 7.13. The Morgan fingerprint density at radius 3 is 2.37 bits per heavy atom. The number of benzene rings is 1. The van der Waals surface area contributed by atoms with Crippen molar-refractivity contribution in [2.75, 3.05) is 13.1 Å². The van der Waals surface area contributed by atoms with Crippen LogP contribution in [0.4, 0.5) is 4.39 Å². The zero-order chi connectivity index (χ0) is 14.0. The second-order valence-corrected chi connectivity index (χ2v) is 6.54. The van der Waals surface area contributed by atoms with E-state index in [1.807, 2.05) is 6.07 Å². The normalized spacial score (nSPS) is 17.6. The van der Waals surface area contributed by atoms with E-state index in [9.17, 15) is 4.39 Å². The monoisotopic (exact) mass is 281 g/mol. The molecule has 104 valence electrons. The summed E-state index contributed by atoms with van der Waals surface area (Å²) in [5.74, 6) is -0.344. The Morgan fingerprint density at radius 2 is 1.84 bits per heavy atom. The number of rotatable bonds is 1. The molecule has 0 N–H and O–H groups in total. The minimum atomic E-state index is -0.344. The summed E-state index contributed by atoms with van der Waals surface area (Å²) in [6.45, 7) is 8.89. The molecule has 19 heavy (non-hydrogen) atoms. The summed E-state index contributed by atoms with van der Waals surface area (Å²) in [6.07, 6.45) is 4.21. The van der Waals surface area contributed by atoms with Crippen molar-refractivity contribution < 1.29 is 4.39 Å². The largest absolute Gasteiger partial charge is 0.298 e. The fourth-order valence-corrected chi connectivity index (χ4v) is 2.56. The Balaban J connectivity index is 2.04. The van der Waals surface area contributed by atoms with Crippen molar-refractivity contribution in [3.8, 4) is 0 Å². The summed E-state index contributed by atoms with van der Waals surface area (Å²) in [7, 11) is 0. The van der Waals surface area contributed by atoms with Crippen LogP contribution < -0.4 is 0 Å². The third kappa shape index (κ3) is 3.80. The molecule has 0 amide bonds. The summed E-state index contributed by atoms with van der Waals surface area (Å²) in [6, 6.07) is 4.99. The van der Waals surface area contributed by atoms with Gasteiger partial charge in [-0.1, -0.05) is 29.3 Å². The lowest BCUT2D eigenvalue weighted by atomic mass is 9.96. The highest BCUT2D eigenvalue weighted by atomic mass is 35.5. The number of hydrogen-bond donors (Lipinski definition) is 0. The maximum Gasteiger partial charge on any atom is 0.142 e. The molecule has 1 heterocycles. The highest BCUT2D eigenvalue weighted by molar-refractivity contribution is 6.30. The van der Waals surface area contributed by atoms with Gasteiger partial charge in [-0.25, -0.2) is 4.39 Å². The van der Waals surface area contributed by atoms with E-state index in [-0.39, 0.29) is 16.4 Å². The van der Waals surface area contributed by atoms with Crippen molar-refractivity contribution in [3.05, 3.63) is 40.2 Å². The molecular formula is C16H21ClFN. The van der Waals surface area contributed by atoms with Gasteiger partial charge in [-0.3, -0.25) is 4.90 Å². The van der Waals surface area contributed by atoms with Crippen molar-refractivity contribution >= 4 is 17.7 Å². The second-order valence-electron chi connectivity index (χ2n) is 6.13. The van der Waals surface area contributed by atoms with Gasteiger partial charge in [0.25, 0.3) is 0 Å². The van der Waals surface area contributed by atoms with Crippen LogP contribution in [0.5, 0.6) is 0 Å². The first-order valence-electron chi connectivity index (χ1n) is 6.76. The number of hydrogen-bond acceptors (Lipinski definition) is 1. The summed E-state index contributed by atoms with van der Waals surface area (Å²) in [5.41, 5.74) is 2.53. The van der Waals surface area contributed by atoms with Crippen LogP contribution in [0.25, 0.3) is 6.08 Å². The SMILES string of the molecule is CC(C)(C)N1CCC(=Cc2ccc(Cl)c(F)c2)CC1. The Kier molecular flexibility index (Phi) is 4.32. The molecule has 0 spiro atoms. The van der Waals surface area contributed by atoms with Crippen molar-refractivity contribution in [1.29, 1.82) is 0 Å². The molecular weight excluding hydrogens is 261 g/mol. The van der Waals surface area contributed by atoms with Crippen LogP contribution >= 0.6 is 11.6 Å². The molecule has 1 aromatic carbocycles. The first-order chi connectivity index (χ1) is 8.86. The molecule has 1 saturated heterocycles. The van der Waals surface area contributed by atoms with Crippen LogP contribution in [0.15, 0.2) is 23.8 Å². The topological polar surface area (TPSA) is 3.24 Å². The molecule has 2 rings (SSSR count). The highest BCUT2D eigenvalue weighted by Gasteiger charge is 2.24. The van der Waals surface area contributed by atoms with Crippen LogP contribution in [0.3, 0.4) is 0 Å². The van der Waals surface area contributed by atoms with Gasteiger partial charge in [0.1, 0.15) is 5.82 Å². The van der Waals surface area contributed by atoms with Crippen LogP contribution in [-0.2, 0) is 0 Å². The minimum absolute atomic E-state index is 0.185. The van der Waals surface area contributed by atoms with Gasteiger partial charge in [0.2, 0.25) is 0 Å². The summed E-state index contributed by atoms with van der Waals surface area (Å²) < 4.78 is 13.4. The van der Waals surface area contributed by atoms with Gasteiger partial charge < -0.3 is 0 Å². The molecule has 3 heteroatoms. The Morgan fingerprint density at radius 1 is 1.21 bits per heavy atom. The van der Waals surface area contributed by atoms with Gasteiger partial charge >= 0.3 is 0 Å². The molecule has 0 radical (unpaired) electrons. The molecule has 0 unspecified atom stereocenters. The standard InChI is InChI=1S/C16H21ClFN/c1-16(2,3)19-8-6-12(7-9-19)10-13-4-5-14(17)15(18)11-13/h4-5,10-11H,6-9H2,1-3H3. The molecule has 1 nitrogen and oxygen atoms in total. The highest BCUT2D eigenvalue weighted by Crippen LogP contribution is 2.25. The molecule has 1 aliphatic heterocycles. The Bertz CT molecular complexity index is 478. The molecule has 0 bridgehead atoms. The van der Waals surface area contributed by atoms with Crippen LogP contribution in [0.2, 0.25) is 5.02 Å². The minimum Gasteiger partial charge on any atom is -0.298 e. The van der Waals surface area contributed by atoms with E-state index in [2.05, 4.69) is 31.7 Å². The van der Waals surface area contributed by atoms with Crippen molar-refractivity contribution in [2.45, 2.75) is 39.2 Å². The van der Waals surface area contributed by atoms with E-state index in [1.54, 1.807) is 6.07 Å². The summed E-state index contributed by atoms with van der Waals surface area (Å²) in [4.78, 5) is 2.49. The molecule has 0 aliphatic carbocycles. The van der Waals surface area contributed by atoms with E-state index < -0.39 is 0 Å². The van der Waals surface area contributed by atoms with Gasteiger partial charge in [-0.2, -0.15) is 0 Å². The second kappa shape index (κ2) is 5.64. The lowest BCUT2D eigenvalue weighted by Gasteiger charge is -2.39. The fourth-order valence-electron chi connectivity index (χ4n) is 2.45. The number of likely N-dealkylation sites (tertiary alicyclic amines) is 1. The first kappa shape index (κ1) is 14.5. The van der Waals surface area contributed by atoms with Gasteiger partial charge in [-0.05, 0) is 51.3 Å². The zero-order valence-electron chi connectivity index (χ0n) is 11.8. The molecule has 0 saturated carbocycles. The van der Waals surface area contributed by atoms with Crippen molar-refractivity contribution in [2.24, 2.45) is 0 Å². The van der Waals surface area contributed by atoms with E-state index in [4.69, 9.17) is 11.6 Å². The van der Waals surface area contributed by atoms with Gasteiger partial charge in [0.15, 0.2) is 0 Å². The van der Waals surface area contributed by atoms with Gasteiger partial charge in [0.05, 0.1) is 5.02 Å².